The molecule has 0 bridgehead atoms. The zero-order valence-electron chi connectivity index (χ0n) is 18.1. The molecular formula is C24H29FN4O3. The maximum absolute atomic E-state index is 13.4. The van der Waals surface area contributed by atoms with Crippen LogP contribution in [0.15, 0.2) is 54.6 Å². The summed E-state index contributed by atoms with van der Waals surface area (Å²) in [5, 5.41) is 2.74. The van der Waals surface area contributed by atoms with Crippen molar-refractivity contribution >= 4 is 17.5 Å². The Morgan fingerprint density at radius 2 is 1.66 bits per heavy atom. The van der Waals surface area contributed by atoms with Crippen LogP contribution in [0.4, 0.5) is 10.1 Å². The third kappa shape index (κ3) is 5.70. The second-order valence-corrected chi connectivity index (χ2v) is 8.12. The quantitative estimate of drug-likeness (QED) is 0.744. The van der Waals surface area contributed by atoms with Gasteiger partial charge in [-0.15, -0.1) is 0 Å². The van der Waals surface area contributed by atoms with Crippen LogP contribution >= 0.6 is 0 Å². The molecule has 2 amide bonds. The molecule has 2 saturated heterocycles. The monoisotopic (exact) mass is 440 g/mol. The molecule has 1 unspecified atom stereocenters. The van der Waals surface area contributed by atoms with Gasteiger partial charge in [0.25, 0.3) is 0 Å². The number of ether oxygens (including phenoxy) is 1. The Morgan fingerprint density at radius 1 is 0.938 bits per heavy atom. The van der Waals surface area contributed by atoms with E-state index >= 15 is 0 Å². The highest BCUT2D eigenvalue weighted by molar-refractivity contribution is 5.92. The van der Waals surface area contributed by atoms with Crippen LogP contribution in [0.5, 0.6) is 0 Å². The van der Waals surface area contributed by atoms with Crippen LogP contribution in [-0.4, -0.2) is 85.5 Å². The number of halogens is 1. The van der Waals surface area contributed by atoms with Crippen molar-refractivity contribution in [2.24, 2.45) is 0 Å². The van der Waals surface area contributed by atoms with Gasteiger partial charge in [0.05, 0.1) is 19.8 Å². The number of nitrogens with one attached hydrogen (secondary N) is 1. The summed E-state index contributed by atoms with van der Waals surface area (Å²) in [7, 11) is 0. The Kier molecular flexibility index (Phi) is 7.47. The van der Waals surface area contributed by atoms with Crippen molar-refractivity contribution in [1.82, 2.24) is 14.7 Å². The van der Waals surface area contributed by atoms with E-state index in [1.165, 1.54) is 12.1 Å². The van der Waals surface area contributed by atoms with Crippen LogP contribution in [0, 0.1) is 5.82 Å². The number of hydrogen-bond donors (Lipinski definition) is 1. The van der Waals surface area contributed by atoms with Gasteiger partial charge >= 0.3 is 0 Å². The molecule has 2 heterocycles. The molecule has 2 aromatic carbocycles. The number of carbonyl (C=O) groups excluding carboxylic acids is 2. The van der Waals surface area contributed by atoms with Crippen LogP contribution in [0.1, 0.15) is 11.6 Å². The zero-order valence-corrected chi connectivity index (χ0v) is 18.1. The summed E-state index contributed by atoms with van der Waals surface area (Å²) < 4.78 is 18.7. The van der Waals surface area contributed by atoms with Crippen LogP contribution < -0.4 is 5.32 Å². The molecule has 0 spiro atoms. The van der Waals surface area contributed by atoms with E-state index in [0.717, 1.165) is 5.56 Å². The molecule has 32 heavy (non-hydrogen) atoms. The molecule has 0 saturated carbocycles. The molecule has 4 rings (SSSR count). The van der Waals surface area contributed by atoms with Crippen molar-refractivity contribution in [1.29, 1.82) is 0 Å². The molecule has 2 aliphatic heterocycles. The summed E-state index contributed by atoms with van der Waals surface area (Å²) >= 11 is 0. The molecular weight excluding hydrogens is 411 g/mol. The Labute approximate surface area is 187 Å². The first-order chi connectivity index (χ1) is 15.6. The van der Waals surface area contributed by atoms with Crippen LogP contribution in [0.2, 0.25) is 0 Å². The van der Waals surface area contributed by atoms with Crippen molar-refractivity contribution in [3.63, 3.8) is 0 Å². The number of carbonyl (C=O) groups is 2. The van der Waals surface area contributed by atoms with Crippen molar-refractivity contribution in [2.45, 2.75) is 6.04 Å². The largest absolute Gasteiger partial charge is 0.378 e. The number of amides is 2. The van der Waals surface area contributed by atoms with E-state index in [2.05, 4.69) is 15.1 Å². The highest BCUT2D eigenvalue weighted by Gasteiger charge is 2.34. The smallest absolute Gasteiger partial charge is 0.244 e. The Bertz CT molecular complexity index is 912. The molecule has 170 valence electrons. The SMILES string of the molecule is O=C(CN1CCN(C(C(=O)N2CCOCC2)c2ccccc2)CC1)Nc1cccc(F)c1. The minimum Gasteiger partial charge on any atom is -0.378 e. The van der Waals surface area contributed by atoms with E-state index in [-0.39, 0.29) is 30.2 Å². The normalized spacial score (nSPS) is 18.8. The number of hydrogen-bond acceptors (Lipinski definition) is 5. The molecule has 2 aromatic rings. The van der Waals surface area contributed by atoms with Crippen LogP contribution in [0.25, 0.3) is 0 Å². The van der Waals surface area contributed by atoms with E-state index in [1.54, 1.807) is 12.1 Å². The summed E-state index contributed by atoms with van der Waals surface area (Å²) in [5.41, 5.74) is 1.44. The van der Waals surface area contributed by atoms with Crippen LogP contribution in [0.3, 0.4) is 0 Å². The van der Waals surface area contributed by atoms with Gasteiger partial charge < -0.3 is 15.0 Å². The summed E-state index contributed by atoms with van der Waals surface area (Å²) in [4.78, 5) is 31.9. The van der Waals surface area contributed by atoms with Gasteiger partial charge in [0.2, 0.25) is 11.8 Å². The number of anilines is 1. The summed E-state index contributed by atoms with van der Waals surface area (Å²) in [6.07, 6.45) is 0. The van der Waals surface area contributed by atoms with E-state index in [9.17, 15) is 14.0 Å². The van der Waals surface area contributed by atoms with Gasteiger partial charge in [-0.3, -0.25) is 19.4 Å². The van der Waals surface area contributed by atoms with Crippen molar-refractivity contribution in [2.75, 3.05) is 64.3 Å². The maximum Gasteiger partial charge on any atom is 0.244 e. The minimum absolute atomic E-state index is 0.108. The highest BCUT2D eigenvalue weighted by atomic mass is 19.1. The first-order valence-electron chi connectivity index (χ1n) is 11.0. The number of rotatable bonds is 6. The third-order valence-corrected chi connectivity index (χ3v) is 5.92. The second-order valence-electron chi connectivity index (χ2n) is 8.12. The van der Waals surface area contributed by atoms with Gasteiger partial charge in [0.15, 0.2) is 0 Å². The molecule has 0 aromatic heterocycles. The zero-order chi connectivity index (χ0) is 22.3. The summed E-state index contributed by atoms with van der Waals surface area (Å²) in [6.45, 7) is 5.32. The standard InChI is InChI=1S/C24H29FN4O3/c25-20-7-4-8-21(17-20)26-22(30)18-27-9-11-28(12-10-27)23(19-5-2-1-3-6-19)24(31)29-13-15-32-16-14-29/h1-8,17,23H,9-16,18H2,(H,26,30). The van der Waals surface area contributed by atoms with Gasteiger partial charge in [-0.2, -0.15) is 0 Å². The fraction of sp³-hybridized carbons (Fsp3) is 0.417. The Balaban J connectivity index is 1.36. The van der Waals surface area contributed by atoms with Gasteiger partial charge in [-0.1, -0.05) is 36.4 Å². The predicted octanol–water partition coefficient (Wildman–Crippen LogP) is 1.98. The predicted molar refractivity (Wildman–Crippen MR) is 120 cm³/mol. The molecule has 1 N–H and O–H groups in total. The first kappa shape index (κ1) is 22.4. The third-order valence-electron chi connectivity index (χ3n) is 5.92. The summed E-state index contributed by atoms with van der Waals surface area (Å²) in [6, 6.07) is 15.4. The van der Waals surface area contributed by atoms with Crippen molar-refractivity contribution in [3.8, 4) is 0 Å². The number of nitrogens with zero attached hydrogens (tertiary/aromatic N) is 3. The van der Waals surface area contributed by atoms with E-state index in [4.69, 9.17) is 4.74 Å². The average molecular weight is 441 g/mol. The van der Waals surface area contributed by atoms with E-state index in [0.29, 0.717) is 58.2 Å². The molecule has 8 heteroatoms. The lowest BCUT2D eigenvalue weighted by molar-refractivity contribution is -0.142. The molecule has 2 aliphatic rings. The fourth-order valence-corrected chi connectivity index (χ4v) is 4.25. The lowest BCUT2D eigenvalue weighted by Gasteiger charge is -2.40. The van der Waals surface area contributed by atoms with Gasteiger partial charge in [0.1, 0.15) is 11.9 Å². The van der Waals surface area contributed by atoms with E-state index in [1.807, 2.05) is 35.2 Å². The second kappa shape index (κ2) is 10.7. The van der Waals surface area contributed by atoms with Gasteiger partial charge in [0, 0.05) is 45.0 Å². The molecule has 7 nitrogen and oxygen atoms in total. The summed E-state index contributed by atoms with van der Waals surface area (Å²) in [5.74, 6) is -0.446. The minimum atomic E-state index is -0.381. The van der Waals surface area contributed by atoms with Gasteiger partial charge in [-0.05, 0) is 23.8 Å². The van der Waals surface area contributed by atoms with Crippen molar-refractivity contribution < 1.29 is 18.7 Å². The van der Waals surface area contributed by atoms with Crippen molar-refractivity contribution in [3.05, 3.63) is 66.0 Å². The number of piperazine rings is 1. The average Bonchev–Trinajstić information content (AvgIpc) is 2.81. The fourth-order valence-electron chi connectivity index (χ4n) is 4.25. The van der Waals surface area contributed by atoms with E-state index < -0.39 is 0 Å². The molecule has 0 aliphatic carbocycles. The maximum atomic E-state index is 13.4. The first-order valence-corrected chi connectivity index (χ1v) is 11.0. The highest BCUT2D eigenvalue weighted by Crippen LogP contribution is 2.25. The number of benzene rings is 2. The Morgan fingerprint density at radius 3 is 2.34 bits per heavy atom. The topological polar surface area (TPSA) is 65.1 Å². The van der Waals surface area contributed by atoms with Gasteiger partial charge in [-0.25, -0.2) is 4.39 Å². The number of morpholine rings is 1. The molecule has 0 radical (unpaired) electrons. The Hall–Kier alpha value is -2.81. The lowest BCUT2D eigenvalue weighted by Crippen LogP contribution is -2.53. The van der Waals surface area contributed by atoms with Crippen LogP contribution in [-0.2, 0) is 14.3 Å². The molecule has 1 atom stereocenters. The molecule has 2 fully saturated rings. The lowest BCUT2D eigenvalue weighted by atomic mass is 10.0.